The average Bonchev–Trinajstić information content (AvgIpc) is 2.40. The molecule has 1 aliphatic heterocycles. The highest BCUT2D eigenvalue weighted by atomic mass is 16.1. The molecular weight excluding hydrogens is 212 g/mol. The van der Waals surface area contributed by atoms with Gasteiger partial charge in [0.25, 0.3) is 0 Å². The number of aromatic nitrogens is 1. The van der Waals surface area contributed by atoms with E-state index in [2.05, 4.69) is 16.4 Å². The molecule has 3 nitrogen and oxygen atoms in total. The first-order chi connectivity index (χ1) is 8.34. The van der Waals surface area contributed by atoms with E-state index in [1.807, 2.05) is 18.5 Å². The Labute approximate surface area is 102 Å². The fraction of sp³-hybridized carbons (Fsp3) is 0.571. The van der Waals surface area contributed by atoms with Crippen molar-refractivity contribution in [2.45, 2.75) is 31.6 Å². The van der Waals surface area contributed by atoms with Gasteiger partial charge < -0.3 is 5.32 Å². The summed E-state index contributed by atoms with van der Waals surface area (Å²) in [4.78, 5) is 16.1. The highest BCUT2D eigenvalue weighted by Crippen LogP contribution is 2.41. The third-order valence-corrected chi connectivity index (χ3v) is 4.30. The Balaban J connectivity index is 1.76. The maximum absolute atomic E-state index is 11.9. The van der Waals surface area contributed by atoms with Crippen LogP contribution in [0.4, 0.5) is 0 Å². The average molecular weight is 230 g/mol. The lowest BCUT2D eigenvalue weighted by Crippen LogP contribution is -2.44. The first kappa shape index (κ1) is 10.8. The van der Waals surface area contributed by atoms with Crippen molar-refractivity contribution in [1.29, 1.82) is 0 Å². The van der Waals surface area contributed by atoms with Crippen molar-refractivity contribution in [2.75, 3.05) is 6.54 Å². The monoisotopic (exact) mass is 230 g/mol. The maximum Gasteiger partial charge on any atom is 0.223 e. The fourth-order valence-electron chi connectivity index (χ4n) is 3.33. The van der Waals surface area contributed by atoms with Gasteiger partial charge in [-0.3, -0.25) is 9.78 Å². The summed E-state index contributed by atoms with van der Waals surface area (Å²) in [6.07, 6.45) is 8.32. The van der Waals surface area contributed by atoms with Gasteiger partial charge in [-0.2, -0.15) is 0 Å². The summed E-state index contributed by atoms with van der Waals surface area (Å²) in [6, 6.07) is 4.13. The van der Waals surface area contributed by atoms with Crippen LogP contribution < -0.4 is 5.32 Å². The van der Waals surface area contributed by atoms with Crippen LogP contribution in [0.25, 0.3) is 0 Å². The van der Waals surface area contributed by atoms with Crippen LogP contribution in [0.1, 0.15) is 37.2 Å². The Bertz CT molecular complexity index is 404. The van der Waals surface area contributed by atoms with Gasteiger partial charge in [0, 0.05) is 24.9 Å². The van der Waals surface area contributed by atoms with E-state index in [0.29, 0.717) is 11.8 Å². The predicted octanol–water partition coefficient (Wildman–Crippen LogP) is 2.10. The van der Waals surface area contributed by atoms with Gasteiger partial charge in [0.1, 0.15) is 0 Å². The minimum Gasteiger partial charge on any atom is -0.356 e. The number of carbonyl (C=O) groups is 1. The lowest BCUT2D eigenvalue weighted by Gasteiger charge is -2.38. The fourth-order valence-corrected chi connectivity index (χ4v) is 3.33. The molecule has 0 spiro atoms. The van der Waals surface area contributed by atoms with Crippen LogP contribution in [-0.2, 0) is 4.79 Å². The Morgan fingerprint density at radius 1 is 1.29 bits per heavy atom. The number of fused-ring (bicyclic) bond motifs is 1. The molecular formula is C14H18N2O. The van der Waals surface area contributed by atoms with Crippen molar-refractivity contribution in [2.24, 2.45) is 11.8 Å². The van der Waals surface area contributed by atoms with Gasteiger partial charge in [0.15, 0.2) is 0 Å². The lowest BCUT2D eigenvalue weighted by molar-refractivity contribution is -0.130. The van der Waals surface area contributed by atoms with E-state index in [0.717, 1.165) is 19.4 Å². The number of hydrogen-bond donors (Lipinski definition) is 1. The molecule has 1 amide bonds. The molecule has 0 bridgehead atoms. The number of carbonyl (C=O) groups excluding carboxylic acids is 1. The summed E-state index contributed by atoms with van der Waals surface area (Å²) in [7, 11) is 0. The second kappa shape index (κ2) is 4.47. The smallest absolute Gasteiger partial charge is 0.223 e. The molecule has 1 aromatic heterocycles. The van der Waals surface area contributed by atoms with E-state index in [1.165, 1.54) is 18.4 Å². The molecule has 1 N–H and O–H groups in total. The SMILES string of the molecule is O=C1NCCC2CCC(c3cccnc3)CC12. The molecule has 1 aliphatic carbocycles. The Hall–Kier alpha value is -1.38. The molecule has 0 radical (unpaired) electrons. The molecule has 0 aromatic carbocycles. The van der Waals surface area contributed by atoms with Crippen LogP contribution >= 0.6 is 0 Å². The van der Waals surface area contributed by atoms with Crippen LogP contribution in [-0.4, -0.2) is 17.4 Å². The zero-order valence-corrected chi connectivity index (χ0v) is 9.93. The van der Waals surface area contributed by atoms with E-state index >= 15 is 0 Å². The number of piperidine rings is 1. The van der Waals surface area contributed by atoms with Crippen molar-refractivity contribution in [3.05, 3.63) is 30.1 Å². The van der Waals surface area contributed by atoms with Gasteiger partial charge in [0.2, 0.25) is 5.91 Å². The Morgan fingerprint density at radius 2 is 2.24 bits per heavy atom. The van der Waals surface area contributed by atoms with E-state index in [4.69, 9.17) is 0 Å². The second-order valence-electron chi connectivity index (χ2n) is 5.24. The van der Waals surface area contributed by atoms with E-state index in [9.17, 15) is 4.79 Å². The molecule has 3 rings (SSSR count). The zero-order chi connectivity index (χ0) is 11.7. The van der Waals surface area contributed by atoms with Gasteiger partial charge in [0.05, 0.1) is 0 Å². The van der Waals surface area contributed by atoms with Gasteiger partial charge in [-0.15, -0.1) is 0 Å². The molecule has 3 heteroatoms. The second-order valence-corrected chi connectivity index (χ2v) is 5.24. The lowest BCUT2D eigenvalue weighted by atomic mass is 9.69. The summed E-state index contributed by atoms with van der Waals surface area (Å²) in [5.74, 6) is 1.66. The molecule has 1 saturated heterocycles. The summed E-state index contributed by atoms with van der Waals surface area (Å²) >= 11 is 0. The molecule has 3 unspecified atom stereocenters. The van der Waals surface area contributed by atoms with Gasteiger partial charge in [-0.05, 0) is 49.1 Å². The molecule has 3 atom stereocenters. The van der Waals surface area contributed by atoms with Crippen LogP contribution in [0.2, 0.25) is 0 Å². The molecule has 1 saturated carbocycles. The number of hydrogen-bond acceptors (Lipinski definition) is 2. The van der Waals surface area contributed by atoms with Crippen LogP contribution in [0.15, 0.2) is 24.5 Å². The van der Waals surface area contributed by atoms with E-state index in [-0.39, 0.29) is 11.8 Å². The highest BCUT2D eigenvalue weighted by molar-refractivity contribution is 5.79. The number of pyridine rings is 1. The van der Waals surface area contributed by atoms with Crippen molar-refractivity contribution in [3.63, 3.8) is 0 Å². The topological polar surface area (TPSA) is 42.0 Å². The number of nitrogens with one attached hydrogen (secondary N) is 1. The van der Waals surface area contributed by atoms with Gasteiger partial charge in [-0.25, -0.2) is 0 Å². The van der Waals surface area contributed by atoms with Crippen LogP contribution in [0.3, 0.4) is 0 Å². The summed E-state index contributed by atoms with van der Waals surface area (Å²) in [5.41, 5.74) is 1.30. The summed E-state index contributed by atoms with van der Waals surface area (Å²) in [5, 5.41) is 3.00. The minimum absolute atomic E-state index is 0.239. The molecule has 2 heterocycles. The normalized spacial score (nSPS) is 32.7. The zero-order valence-electron chi connectivity index (χ0n) is 9.93. The van der Waals surface area contributed by atoms with E-state index < -0.39 is 0 Å². The van der Waals surface area contributed by atoms with Crippen LogP contribution in [0.5, 0.6) is 0 Å². The molecule has 90 valence electrons. The maximum atomic E-state index is 11.9. The molecule has 2 fully saturated rings. The molecule has 2 aliphatic rings. The van der Waals surface area contributed by atoms with Crippen molar-refractivity contribution in [3.8, 4) is 0 Å². The van der Waals surface area contributed by atoms with Crippen LogP contribution in [0, 0.1) is 11.8 Å². The first-order valence-electron chi connectivity index (χ1n) is 6.52. The Morgan fingerprint density at radius 3 is 3.06 bits per heavy atom. The summed E-state index contributed by atoms with van der Waals surface area (Å²) in [6.45, 7) is 0.873. The Kier molecular flexibility index (Phi) is 2.83. The number of rotatable bonds is 1. The third kappa shape index (κ3) is 2.06. The van der Waals surface area contributed by atoms with Crippen molar-refractivity contribution < 1.29 is 4.79 Å². The predicted molar refractivity (Wildman–Crippen MR) is 65.4 cm³/mol. The largest absolute Gasteiger partial charge is 0.356 e. The standard InChI is InChI=1S/C14H18N2O/c17-14-13-8-11(12-2-1-6-15-9-12)4-3-10(13)5-7-16-14/h1-2,6,9-11,13H,3-5,7-8H2,(H,16,17). The van der Waals surface area contributed by atoms with E-state index in [1.54, 1.807) is 0 Å². The van der Waals surface area contributed by atoms with Crippen molar-refractivity contribution >= 4 is 5.91 Å². The highest BCUT2D eigenvalue weighted by Gasteiger charge is 2.37. The molecule has 17 heavy (non-hydrogen) atoms. The van der Waals surface area contributed by atoms with Crippen molar-refractivity contribution in [1.82, 2.24) is 10.3 Å². The number of nitrogens with zero attached hydrogens (tertiary/aromatic N) is 1. The quantitative estimate of drug-likeness (QED) is 0.802. The third-order valence-electron chi connectivity index (χ3n) is 4.30. The minimum atomic E-state index is 0.239. The van der Waals surface area contributed by atoms with Gasteiger partial charge in [-0.1, -0.05) is 6.07 Å². The number of amides is 1. The summed E-state index contributed by atoms with van der Waals surface area (Å²) < 4.78 is 0. The molecule has 1 aromatic rings. The first-order valence-corrected chi connectivity index (χ1v) is 6.52. The van der Waals surface area contributed by atoms with Gasteiger partial charge >= 0.3 is 0 Å².